The van der Waals surface area contributed by atoms with E-state index < -0.39 is 0 Å². The zero-order chi connectivity index (χ0) is 21.9. The van der Waals surface area contributed by atoms with Gasteiger partial charge in [0.2, 0.25) is 13.6 Å². The molecule has 0 fully saturated rings. The second-order valence-electron chi connectivity index (χ2n) is 7.99. The lowest BCUT2D eigenvalue weighted by molar-refractivity contribution is 0.173. The zero-order valence-electron chi connectivity index (χ0n) is 17.2. The maximum absolute atomic E-state index is 13.5. The molecule has 0 bridgehead atoms. The molecule has 4 heterocycles. The summed E-state index contributed by atoms with van der Waals surface area (Å²) in [6.45, 7) is 0.932. The first-order valence-electron chi connectivity index (χ1n) is 10.5. The van der Waals surface area contributed by atoms with Crippen molar-refractivity contribution in [2.75, 3.05) is 13.6 Å². The second-order valence-corrected chi connectivity index (χ2v) is 7.99. The summed E-state index contributed by atoms with van der Waals surface area (Å²) >= 11 is 0. The van der Waals surface area contributed by atoms with Crippen LogP contribution in [0.1, 0.15) is 5.56 Å². The Kier molecular flexibility index (Phi) is 3.78. The lowest BCUT2D eigenvalue weighted by Gasteiger charge is -2.16. The zero-order valence-corrected chi connectivity index (χ0v) is 17.2. The highest BCUT2D eigenvalue weighted by atomic mass is 19.1. The van der Waals surface area contributed by atoms with Crippen molar-refractivity contribution in [3.8, 4) is 45.5 Å². The topological polar surface area (TPSA) is 67.6 Å². The van der Waals surface area contributed by atoms with E-state index in [0.29, 0.717) is 29.5 Å². The number of hydrogen-bond donors (Lipinski definition) is 0. The molecule has 0 amide bonds. The summed E-state index contributed by atoms with van der Waals surface area (Å²) in [5, 5.41) is 9.93. The normalized spacial score (nSPS) is 13.8. The number of hydrogen-bond acceptors (Lipinski definition) is 6. The molecule has 33 heavy (non-hydrogen) atoms. The molecule has 162 valence electrons. The van der Waals surface area contributed by atoms with E-state index in [0.717, 1.165) is 39.0 Å². The van der Waals surface area contributed by atoms with Gasteiger partial charge in [-0.1, -0.05) is 12.1 Å². The molecule has 4 aliphatic heterocycles. The van der Waals surface area contributed by atoms with Gasteiger partial charge in [-0.3, -0.25) is 0 Å². The number of halogens is 1. The van der Waals surface area contributed by atoms with Crippen LogP contribution in [0.2, 0.25) is 0 Å². The largest absolute Gasteiger partial charge is 0.454 e. The number of fused-ring (bicyclic) bond motifs is 5. The Morgan fingerprint density at radius 1 is 0.758 bits per heavy atom. The van der Waals surface area contributed by atoms with Crippen molar-refractivity contribution in [1.82, 2.24) is 14.8 Å². The van der Waals surface area contributed by atoms with E-state index in [1.54, 1.807) is 12.1 Å². The molecular formula is C25H16FN3O4. The first kappa shape index (κ1) is 18.3. The van der Waals surface area contributed by atoms with Crippen LogP contribution in [0.15, 0.2) is 60.8 Å². The first-order valence-corrected chi connectivity index (χ1v) is 10.5. The van der Waals surface area contributed by atoms with Gasteiger partial charge in [-0.05, 0) is 42.0 Å². The summed E-state index contributed by atoms with van der Waals surface area (Å²) in [4.78, 5) is 0. The molecule has 3 aromatic carbocycles. The van der Waals surface area contributed by atoms with Crippen LogP contribution in [0.4, 0.5) is 4.39 Å². The van der Waals surface area contributed by atoms with Gasteiger partial charge in [0.1, 0.15) is 17.2 Å². The minimum Gasteiger partial charge on any atom is -0.454 e. The Morgan fingerprint density at radius 3 is 2.27 bits per heavy atom. The predicted molar refractivity (Wildman–Crippen MR) is 117 cm³/mol. The molecule has 7 nitrogen and oxygen atoms in total. The maximum Gasteiger partial charge on any atom is 0.231 e. The van der Waals surface area contributed by atoms with Crippen LogP contribution in [0.5, 0.6) is 23.0 Å². The summed E-state index contributed by atoms with van der Waals surface area (Å²) in [5.41, 5.74) is 5.18. The third-order valence-corrected chi connectivity index (χ3v) is 6.01. The molecule has 0 aromatic heterocycles. The highest BCUT2D eigenvalue weighted by Crippen LogP contribution is 2.44. The van der Waals surface area contributed by atoms with Crippen molar-refractivity contribution in [3.05, 3.63) is 72.2 Å². The smallest absolute Gasteiger partial charge is 0.231 e. The monoisotopic (exact) mass is 441 g/mol. The molecular weight excluding hydrogens is 425 g/mol. The van der Waals surface area contributed by atoms with Gasteiger partial charge in [-0.15, -0.1) is 10.2 Å². The molecule has 4 aliphatic rings. The van der Waals surface area contributed by atoms with Gasteiger partial charge >= 0.3 is 0 Å². The van der Waals surface area contributed by atoms with Crippen molar-refractivity contribution >= 4 is 10.9 Å². The van der Waals surface area contributed by atoms with E-state index in [9.17, 15) is 4.39 Å². The van der Waals surface area contributed by atoms with Gasteiger partial charge in [0.15, 0.2) is 23.0 Å². The van der Waals surface area contributed by atoms with E-state index in [1.165, 1.54) is 12.1 Å². The van der Waals surface area contributed by atoms with Gasteiger partial charge in [0.05, 0.1) is 5.52 Å². The number of pyridine rings is 1. The summed E-state index contributed by atoms with van der Waals surface area (Å²) in [5.74, 6) is 2.50. The molecule has 3 aromatic rings. The van der Waals surface area contributed by atoms with Gasteiger partial charge in [0.25, 0.3) is 0 Å². The standard InChI is InChI=1S/C25H16FN3O4/c26-16-4-1-14(2-5-16)10-29-11-18-24(15-3-6-20-21(7-15)31-12-30-20)27-28-25(18)17-8-22-23(9-19(17)29)33-13-32-22/h1-9,11H,10,12-13H2. The summed E-state index contributed by atoms with van der Waals surface area (Å²) in [6.07, 6.45) is 2.03. The number of nitrogens with zero attached hydrogens (tertiary/aromatic N) is 3. The fourth-order valence-electron chi connectivity index (χ4n) is 4.40. The van der Waals surface area contributed by atoms with Gasteiger partial charge in [-0.25, -0.2) is 4.39 Å². The van der Waals surface area contributed by atoms with Gasteiger partial charge < -0.3 is 23.5 Å². The molecule has 0 N–H and O–H groups in total. The third kappa shape index (κ3) is 2.87. The molecule has 0 spiro atoms. The molecule has 0 radical (unpaired) electrons. The molecule has 7 rings (SSSR count). The molecule has 0 aliphatic carbocycles. The first-order chi connectivity index (χ1) is 16.2. The highest BCUT2D eigenvalue weighted by Gasteiger charge is 2.25. The van der Waals surface area contributed by atoms with E-state index in [1.807, 2.05) is 36.5 Å². The van der Waals surface area contributed by atoms with E-state index >= 15 is 0 Å². The molecule has 0 saturated carbocycles. The average molecular weight is 441 g/mol. The van der Waals surface area contributed by atoms with E-state index in [4.69, 9.17) is 18.9 Å². The minimum absolute atomic E-state index is 0.182. The number of benzene rings is 3. The third-order valence-electron chi connectivity index (χ3n) is 6.01. The Balaban J connectivity index is 1.44. The van der Waals surface area contributed by atoms with Crippen molar-refractivity contribution < 1.29 is 23.3 Å². The minimum atomic E-state index is -0.262. The SMILES string of the molecule is Fc1ccc(Cn2cc3c(-c4ccc5c(c4)OCO5)nnc-3c3cc4c(cc32)OCO4)cc1. The quantitative estimate of drug-likeness (QED) is 0.399. The summed E-state index contributed by atoms with van der Waals surface area (Å²) in [7, 11) is 0. The van der Waals surface area contributed by atoms with E-state index in [-0.39, 0.29) is 19.4 Å². The second kappa shape index (κ2) is 6.83. The van der Waals surface area contributed by atoms with Crippen molar-refractivity contribution in [1.29, 1.82) is 0 Å². The van der Waals surface area contributed by atoms with Gasteiger partial charge in [-0.2, -0.15) is 0 Å². The maximum atomic E-state index is 13.5. The fraction of sp³-hybridized carbons (Fsp3) is 0.120. The molecule has 0 saturated heterocycles. The average Bonchev–Trinajstić information content (AvgIpc) is 3.58. The Morgan fingerprint density at radius 2 is 1.45 bits per heavy atom. The number of rotatable bonds is 3. The van der Waals surface area contributed by atoms with Gasteiger partial charge in [0, 0.05) is 35.3 Å². The van der Waals surface area contributed by atoms with Crippen LogP contribution in [-0.4, -0.2) is 28.4 Å². The fourth-order valence-corrected chi connectivity index (χ4v) is 4.40. The highest BCUT2D eigenvalue weighted by molar-refractivity contribution is 5.99. The van der Waals surface area contributed by atoms with Crippen molar-refractivity contribution in [3.63, 3.8) is 0 Å². The molecule has 0 atom stereocenters. The van der Waals surface area contributed by atoms with E-state index in [2.05, 4.69) is 14.8 Å². The van der Waals surface area contributed by atoms with Crippen LogP contribution in [0.25, 0.3) is 33.4 Å². The summed E-state index contributed by atoms with van der Waals surface area (Å²) < 4.78 is 37.8. The Labute approximate surface area is 187 Å². The van der Waals surface area contributed by atoms with Crippen LogP contribution in [0.3, 0.4) is 0 Å². The van der Waals surface area contributed by atoms with Crippen LogP contribution in [0, 0.1) is 5.82 Å². The number of ether oxygens (including phenoxy) is 4. The molecule has 0 unspecified atom stereocenters. The van der Waals surface area contributed by atoms with Crippen LogP contribution < -0.4 is 18.9 Å². The van der Waals surface area contributed by atoms with Crippen LogP contribution in [-0.2, 0) is 6.54 Å². The Hall–Kier alpha value is -4.33. The van der Waals surface area contributed by atoms with Crippen molar-refractivity contribution in [2.24, 2.45) is 0 Å². The Bertz CT molecular complexity index is 1510. The van der Waals surface area contributed by atoms with Crippen molar-refractivity contribution in [2.45, 2.75) is 6.54 Å². The van der Waals surface area contributed by atoms with Crippen LogP contribution >= 0.6 is 0 Å². The molecule has 8 heteroatoms. The predicted octanol–water partition coefficient (Wildman–Crippen LogP) is 4.85. The lowest BCUT2D eigenvalue weighted by Crippen LogP contribution is -2.04. The number of aromatic nitrogens is 3. The lowest BCUT2D eigenvalue weighted by atomic mass is 10.0. The summed E-state index contributed by atoms with van der Waals surface area (Å²) in [6, 6.07) is 16.1.